The highest BCUT2D eigenvalue weighted by molar-refractivity contribution is 9.10. The number of benzene rings is 2. The van der Waals surface area contributed by atoms with Crippen LogP contribution in [0.25, 0.3) is 5.76 Å². The minimum Gasteiger partial charge on any atom is -0.507 e. The number of halogens is 1. The smallest absolute Gasteiger partial charge is 0.295 e. The van der Waals surface area contributed by atoms with E-state index in [0.29, 0.717) is 11.1 Å². The van der Waals surface area contributed by atoms with Crippen molar-refractivity contribution in [2.24, 2.45) is 0 Å². The van der Waals surface area contributed by atoms with Gasteiger partial charge in [0, 0.05) is 23.7 Å². The van der Waals surface area contributed by atoms with Gasteiger partial charge in [0.25, 0.3) is 11.7 Å². The van der Waals surface area contributed by atoms with Crippen LogP contribution in [0.1, 0.15) is 17.2 Å². The molecule has 0 aliphatic carbocycles. The third-order valence-electron chi connectivity index (χ3n) is 4.71. The average Bonchev–Trinajstić information content (AvgIpc) is 2.96. The van der Waals surface area contributed by atoms with Gasteiger partial charge in [-0.25, -0.2) is 0 Å². The Kier molecular flexibility index (Phi) is 6.24. The number of aromatic hydroxyl groups is 1. The van der Waals surface area contributed by atoms with E-state index in [1.54, 1.807) is 36.4 Å². The Balaban J connectivity index is 2.17. The van der Waals surface area contributed by atoms with Crippen molar-refractivity contribution in [1.82, 2.24) is 4.90 Å². The fourth-order valence-electron chi connectivity index (χ4n) is 3.29. The van der Waals surface area contributed by atoms with E-state index in [1.165, 1.54) is 25.2 Å². The minimum absolute atomic E-state index is 0.0435. The van der Waals surface area contributed by atoms with Crippen molar-refractivity contribution >= 4 is 33.4 Å². The van der Waals surface area contributed by atoms with Crippen LogP contribution in [0.3, 0.4) is 0 Å². The molecule has 152 valence electrons. The second-order valence-electron chi connectivity index (χ2n) is 6.42. The predicted molar refractivity (Wildman–Crippen MR) is 110 cm³/mol. The summed E-state index contributed by atoms with van der Waals surface area (Å²) >= 11 is 3.33. The highest BCUT2D eigenvalue weighted by Crippen LogP contribution is 2.41. The lowest BCUT2D eigenvalue weighted by molar-refractivity contribution is -0.140. The third kappa shape index (κ3) is 3.99. The molecule has 1 saturated heterocycles. The monoisotopic (exact) mass is 461 g/mol. The Hall–Kier alpha value is -2.84. The number of carbonyl (C=O) groups excluding carboxylic acids is 2. The van der Waals surface area contributed by atoms with Crippen molar-refractivity contribution in [3.63, 3.8) is 0 Å². The number of hydrogen-bond donors (Lipinski definition) is 2. The number of likely N-dealkylation sites (tertiary alicyclic amines) is 1. The molecule has 1 unspecified atom stereocenters. The Morgan fingerprint density at radius 3 is 2.41 bits per heavy atom. The van der Waals surface area contributed by atoms with Crippen LogP contribution in [0.15, 0.2) is 52.5 Å². The number of aliphatic hydroxyl groups excluding tert-OH is 1. The normalized spacial score (nSPS) is 18.3. The second kappa shape index (κ2) is 8.67. The maximum Gasteiger partial charge on any atom is 0.295 e. The molecule has 1 heterocycles. The van der Waals surface area contributed by atoms with Crippen LogP contribution in [0.2, 0.25) is 0 Å². The molecular formula is C21H20BrNO6. The highest BCUT2D eigenvalue weighted by Gasteiger charge is 2.46. The lowest BCUT2D eigenvalue weighted by atomic mass is 9.95. The Bertz CT molecular complexity index is 970. The molecule has 0 saturated carbocycles. The van der Waals surface area contributed by atoms with E-state index in [4.69, 9.17) is 9.47 Å². The first kappa shape index (κ1) is 20.9. The predicted octanol–water partition coefficient (Wildman–Crippen LogP) is 3.23. The van der Waals surface area contributed by atoms with Gasteiger partial charge >= 0.3 is 0 Å². The molecular weight excluding hydrogens is 442 g/mol. The van der Waals surface area contributed by atoms with Crippen molar-refractivity contribution in [3.05, 3.63) is 63.6 Å². The molecule has 1 aliphatic rings. The van der Waals surface area contributed by atoms with E-state index < -0.39 is 17.7 Å². The number of methoxy groups -OCH3 is 2. The molecule has 2 aromatic rings. The Morgan fingerprint density at radius 2 is 1.83 bits per heavy atom. The molecule has 1 aliphatic heterocycles. The van der Waals surface area contributed by atoms with Gasteiger partial charge in [-0.15, -0.1) is 0 Å². The number of hydrogen-bond acceptors (Lipinski definition) is 6. The van der Waals surface area contributed by atoms with E-state index in [9.17, 15) is 19.8 Å². The Morgan fingerprint density at radius 1 is 1.14 bits per heavy atom. The van der Waals surface area contributed by atoms with E-state index >= 15 is 0 Å². The van der Waals surface area contributed by atoms with Gasteiger partial charge in [-0.1, -0.05) is 34.1 Å². The van der Waals surface area contributed by atoms with E-state index in [1.807, 2.05) is 0 Å². The fourth-order valence-corrected chi connectivity index (χ4v) is 3.55. The molecule has 3 rings (SSSR count). The van der Waals surface area contributed by atoms with Crippen molar-refractivity contribution in [2.45, 2.75) is 6.04 Å². The first-order valence-corrected chi connectivity index (χ1v) is 9.58. The first-order chi connectivity index (χ1) is 13.9. The molecule has 2 N–H and O–H groups in total. The summed E-state index contributed by atoms with van der Waals surface area (Å²) in [6.07, 6.45) is 0. The first-order valence-electron chi connectivity index (χ1n) is 8.79. The summed E-state index contributed by atoms with van der Waals surface area (Å²) in [6, 6.07) is 10.5. The summed E-state index contributed by atoms with van der Waals surface area (Å²) in [4.78, 5) is 26.8. The number of Topliss-reactive ketones (excluding diaryl/α,β-unsaturated/α-hetero) is 1. The summed E-state index contributed by atoms with van der Waals surface area (Å²) in [5.74, 6) is -1.68. The van der Waals surface area contributed by atoms with Gasteiger partial charge in [-0.05, 0) is 29.8 Å². The molecule has 0 radical (unpaired) electrons. The van der Waals surface area contributed by atoms with E-state index in [-0.39, 0.29) is 36.0 Å². The number of amides is 1. The summed E-state index contributed by atoms with van der Waals surface area (Å²) in [7, 11) is 2.92. The fraction of sp³-hybridized carbons (Fsp3) is 0.238. The van der Waals surface area contributed by atoms with E-state index in [0.717, 1.165) is 4.47 Å². The van der Waals surface area contributed by atoms with Gasteiger partial charge in [0.2, 0.25) is 0 Å². The third-order valence-corrected chi connectivity index (χ3v) is 5.24. The lowest BCUT2D eigenvalue weighted by Gasteiger charge is -2.25. The number of nitrogens with zero attached hydrogens (tertiary/aromatic N) is 1. The minimum atomic E-state index is -0.870. The molecule has 8 heteroatoms. The summed E-state index contributed by atoms with van der Waals surface area (Å²) in [6.45, 7) is 0.361. The molecule has 1 fully saturated rings. The topological polar surface area (TPSA) is 96.3 Å². The van der Waals surface area contributed by atoms with Crippen molar-refractivity contribution in [2.75, 3.05) is 27.4 Å². The van der Waals surface area contributed by atoms with Crippen LogP contribution in [-0.2, 0) is 14.3 Å². The Labute approximate surface area is 176 Å². The molecule has 7 nitrogen and oxygen atoms in total. The molecule has 0 aromatic heterocycles. The largest absolute Gasteiger partial charge is 0.507 e. The lowest BCUT2D eigenvalue weighted by Crippen LogP contribution is -2.32. The summed E-state index contributed by atoms with van der Waals surface area (Å²) in [5, 5.41) is 21.1. The van der Waals surface area contributed by atoms with E-state index in [2.05, 4.69) is 15.9 Å². The molecule has 0 spiro atoms. The number of ether oxygens (including phenoxy) is 2. The number of rotatable bonds is 6. The van der Waals surface area contributed by atoms with Crippen LogP contribution in [0.5, 0.6) is 11.5 Å². The van der Waals surface area contributed by atoms with Crippen LogP contribution in [-0.4, -0.2) is 54.2 Å². The molecule has 2 aromatic carbocycles. The van der Waals surface area contributed by atoms with Crippen molar-refractivity contribution in [1.29, 1.82) is 0 Å². The molecule has 1 atom stereocenters. The maximum absolute atomic E-state index is 12.8. The van der Waals surface area contributed by atoms with Crippen molar-refractivity contribution < 1.29 is 29.3 Å². The SMILES string of the molecule is COCCN1C(=O)C(=O)/C(=C(\O)c2ccc(Br)cc2)C1c1ccc(OC)c(O)c1. The zero-order valence-corrected chi connectivity index (χ0v) is 17.5. The quantitative estimate of drug-likeness (QED) is 0.389. The van der Waals surface area contributed by atoms with Crippen LogP contribution in [0, 0.1) is 0 Å². The van der Waals surface area contributed by atoms with Gasteiger partial charge in [0.05, 0.1) is 25.3 Å². The summed E-state index contributed by atoms with van der Waals surface area (Å²) in [5.41, 5.74) is 0.830. The molecule has 29 heavy (non-hydrogen) atoms. The number of phenolic OH excluding ortho intramolecular Hbond substituents is 1. The van der Waals surface area contributed by atoms with Gasteiger partial charge in [0.15, 0.2) is 11.5 Å². The summed E-state index contributed by atoms with van der Waals surface area (Å²) < 4.78 is 10.9. The average molecular weight is 462 g/mol. The maximum atomic E-state index is 12.8. The van der Waals surface area contributed by atoms with Crippen molar-refractivity contribution in [3.8, 4) is 11.5 Å². The molecule has 1 amide bonds. The van der Waals surface area contributed by atoms with Gasteiger partial charge in [-0.3, -0.25) is 9.59 Å². The number of aliphatic hydroxyl groups is 1. The van der Waals surface area contributed by atoms with Gasteiger partial charge in [-0.2, -0.15) is 0 Å². The standard InChI is InChI=1S/C21H20BrNO6/c1-28-10-9-23-18(13-5-8-16(29-2)15(24)11-13)17(20(26)21(23)27)19(25)12-3-6-14(22)7-4-12/h3-8,11,18,24-25H,9-10H2,1-2H3/b19-17-. The zero-order chi connectivity index (χ0) is 21.1. The number of phenols is 1. The van der Waals surface area contributed by atoms with Crippen LogP contribution < -0.4 is 4.74 Å². The number of ketones is 1. The zero-order valence-electron chi connectivity index (χ0n) is 15.9. The van der Waals surface area contributed by atoms with Gasteiger partial charge < -0.3 is 24.6 Å². The highest BCUT2D eigenvalue weighted by atomic mass is 79.9. The molecule has 0 bridgehead atoms. The number of carbonyl (C=O) groups is 2. The van der Waals surface area contributed by atoms with Gasteiger partial charge in [0.1, 0.15) is 5.76 Å². The van der Waals surface area contributed by atoms with Crippen LogP contribution in [0.4, 0.5) is 0 Å². The van der Waals surface area contributed by atoms with Crippen LogP contribution >= 0.6 is 15.9 Å². The second-order valence-corrected chi connectivity index (χ2v) is 7.34.